The minimum Gasteiger partial charge on any atom is -0.464 e. The lowest BCUT2D eigenvalue weighted by Crippen LogP contribution is -2.24. The Morgan fingerprint density at radius 3 is 2.64 bits per heavy atom. The Labute approximate surface area is 190 Å². The average molecular weight is 438 g/mol. The second-order valence-corrected chi connectivity index (χ2v) is 7.88. The summed E-state index contributed by atoms with van der Waals surface area (Å²) in [5.74, 6) is -0.363. The van der Waals surface area contributed by atoms with Crippen molar-refractivity contribution < 1.29 is 14.0 Å². The van der Waals surface area contributed by atoms with Crippen molar-refractivity contribution in [3.63, 3.8) is 0 Å². The van der Waals surface area contributed by atoms with E-state index in [0.717, 1.165) is 27.3 Å². The molecule has 5 aromatic rings. The highest BCUT2D eigenvalue weighted by Gasteiger charge is 2.16. The molecule has 0 aliphatic rings. The van der Waals surface area contributed by atoms with Crippen molar-refractivity contribution in [3.05, 3.63) is 91.0 Å². The Morgan fingerprint density at radius 1 is 1.00 bits per heavy atom. The minimum absolute atomic E-state index is 0.168. The molecule has 33 heavy (non-hydrogen) atoms. The molecule has 0 saturated heterocycles. The molecule has 2 heterocycles. The molecule has 3 aromatic carbocycles. The molecule has 0 spiro atoms. The van der Waals surface area contributed by atoms with E-state index < -0.39 is 6.04 Å². The molecular formula is C26H22N4O3. The molecule has 164 valence electrons. The van der Waals surface area contributed by atoms with Gasteiger partial charge in [-0.05, 0) is 48.0 Å². The lowest BCUT2D eigenvalue weighted by atomic mass is 10.0. The number of carbonyl (C=O) groups is 2. The van der Waals surface area contributed by atoms with Crippen molar-refractivity contribution in [2.75, 3.05) is 10.6 Å². The minimum atomic E-state index is -0.456. The van der Waals surface area contributed by atoms with Gasteiger partial charge < -0.3 is 15.1 Å². The van der Waals surface area contributed by atoms with Crippen LogP contribution in [0.15, 0.2) is 89.8 Å². The number of furan rings is 1. The van der Waals surface area contributed by atoms with Crippen LogP contribution in [0.4, 0.5) is 11.4 Å². The third-order valence-corrected chi connectivity index (χ3v) is 5.61. The summed E-state index contributed by atoms with van der Waals surface area (Å²) in [5.41, 5.74) is 2.78. The Bertz CT molecular complexity index is 1450. The lowest BCUT2D eigenvalue weighted by molar-refractivity contribution is -0.119. The summed E-state index contributed by atoms with van der Waals surface area (Å²) in [6, 6.07) is 20.4. The molecule has 0 fully saturated rings. The summed E-state index contributed by atoms with van der Waals surface area (Å²) in [5, 5.41) is 13.0. The van der Waals surface area contributed by atoms with Crippen LogP contribution in [0, 0.1) is 0 Å². The smallest absolute Gasteiger partial charge is 0.248 e. The number of benzene rings is 3. The fourth-order valence-electron chi connectivity index (χ4n) is 3.93. The summed E-state index contributed by atoms with van der Waals surface area (Å²) in [6.07, 6.45) is 5.19. The topological polar surface area (TPSA) is 89.2 Å². The van der Waals surface area contributed by atoms with Crippen molar-refractivity contribution in [1.82, 2.24) is 9.78 Å². The number of hydrogen-bond acceptors (Lipinski definition) is 4. The summed E-state index contributed by atoms with van der Waals surface area (Å²) < 4.78 is 7.27. The normalized spacial score (nSPS) is 12.0. The average Bonchev–Trinajstić information content (AvgIpc) is 3.49. The zero-order chi connectivity index (χ0) is 22.8. The molecule has 2 aromatic heterocycles. The van der Waals surface area contributed by atoms with Gasteiger partial charge in [-0.25, -0.2) is 0 Å². The molecule has 2 N–H and O–H groups in total. The zero-order valence-electron chi connectivity index (χ0n) is 18.0. The highest BCUT2D eigenvalue weighted by Crippen LogP contribution is 2.30. The van der Waals surface area contributed by atoms with E-state index in [0.29, 0.717) is 11.4 Å². The first-order valence-corrected chi connectivity index (χ1v) is 10.7. The Hall–Kier alpha value is -4.39. The van der Waals surface area contributed by atoms with Gasteiger partial charge in [-0.3, -0.25) is 14.3 Å². The first kappa shape index (κ1) is 20.5. The van der Waals surface area contributed by atoms with Gasteiger partial charge in [0.25, 0.3) is 0 Å². The second kappa shape index (κ2) is 8.63. The number of aromatic nitrogens is 2. The molecule has 0 radical (unpaired) electrons. The maximum absolute atomic E-state index is 12.8. The number of fused-ring (bicyclic) bond motifs is 3. The monoisotopic (exact) mass is 438 g/mol. The number of anilines is 2. The molecule has 5 rings (SSSR count). The molecule has 0 aliphatic heterocycles. The standard InChI is InChI=1S/C26H22N4O3/c1-17(30-13-5-12-27-30)26(32)29-21-8-4-7-20(15-21)28-24(31)14-19-16-33-23-11-10-18-6-2-3-9-22(18)25(19)23/h2-13,15-17H,14H2,1H3,(H,28,31)(H,29,32). The van der Waals surface area contributed by atoms with Crippen molar-refractivity contribution in [2.24, 2.45) is 0 Å². The molecule has 0 bridgehead atoms. The van der Waals surface area contributed by atoms with E-state index in [4.69, 9.17) is 4.42 Å². The number of carbonyl (C=O) groups excluding carboxylic acids is 2. The molecular weight excluding hydrogens is 416 g/mol. The van der Waals surface area contributed by atoms with E-state index in [1.54, 1.807) is 60.6 Å². The largest absolute Gasteiger partial charge is 0.464 e. The number of amides is 2. The zero-order valence-corrected chi connectivity index (χ0v) is 18.0. The SMILES string of the molecule is CC(C(=O)Nc1cccc(NC(=O)Cc2coc3ccc4ccccc4c23)c1)n1cccn1. The number of hydrogen-bond donors (Lipinski definition) is 2. The van der Waals surface area contributed by atoms with Crippen LogP contribution in [-0.4, -0.2) is 21.6 Å². The predicted molar refractivity (Wildman–Crippen MR) is 128 cm³/mol. The fourth-order valence-corrected chi connectivity index (χ4v) is 3.93. The van der Waals surface area contributed by atoms with Crippen LogP contribution in [0.1, 0.15) is 18.5 Å². The van der Waals surface area contributed by atoms with E-state index >= 15 is 0 Å². The number of rotatable bonds is 6. The van der Waals surface area contributed by atoms with Crippen molar-refractivity contribution in [2.45, 2.75) is 19.4 Å². The van der Waals surface area contributed by atoms with Gasteiger partial charge in [-0.1, -0.05) is 36.4 Å². The fraction of sp³-hybridized carbons (Fsp3) is 0.115. The molecule has 2 amide bonds. The molecule has 1 atom stereocenters. The Balaban J connectivity index is 1.30. The van der Waals surface area contributed by atoms with Gasteiger partial charge >= 0.3 is 0 Å². The highest BCUT2D eigenvalue weighted by atomic mass is 16.3. The van der Waals surface area contributed by atoms with Gasteiger partial charge in [-0.2, -0.15) is 5.10 Å². The summed E-state index contributed by atoms with van der Waals surface area (Å²) in [4.78, 5) is 25.3. The first-order chi connectivity index (χ1) is 16.1. The van der Waals surface area contributed by atoms with Gasteiger partial charge in [0.05, 0.1) is 12.7 Å². The van der Waals surface area contributed by atoms with Crippen LogP contribution in [0.3, 0.4) is 0 Å². The van der Waals surface area contributed by atoms with Gasteiger partial charge in [0.2, 0.25) is 11.8 Å². The Kier molecular flexibility index (Phi) is 5.36. The van der Waals surface area contributed by atoms with Gasteiger partial charge in [0.15, 0.2) is 0 Å². The van der Waals surface area contributed by atoms with Gasteiger partial charge in [0.1, 0.15) is 11.6 Å². The summed E-state index contributed by atoms with van der Waals surface area (Å²) in [7, 11) is 0. The number of nitrogens with one attached hydrogen (secondary N) is 2. The summed E-state index contributed by atoms with van der Waals surface area (Å²) in [6.45, 7) is 1.77. The summed E-state index contributed by atoms with van der Waals surface area (Å²) >= 11 is 0. The molecule has 1 unspecified atom stereocenters. The Morgan fingerprint density at radius 2 is 1.82 bits per heavy atom. The number of nitrogens with zero attached hydrogens (tertiary/aromatic N) is 2. The quantitative estimate of drug-likeness (QED) is 0.383. The maximum atomic E-state index is 12.8. The van der Waals surface area contributed by atoms with E-state index in [-0.39, 0.29) is 18.2 Å². The predicted octanol–water partition coefficient (Wildman–Crippen LogP) is 5.16. The second-order valence-electron chi connectivity index (χ2n) is 7.88. The molecule has 7 heteroatoms. The van der Waals surface area contributed by atoms with Crippen molar-refractivity contribution in [3.8, 4) is 0 Å². The van der Waals surface area contributed by atoms with E-state index in [1.807, 2.05) is 36.4 Å². The van der Waals surface area contributed by atoms with Crippen LogP contribution in [-0.2, 0) is 16.0 Å². The maximum Gasteiger partial charge on any atom is 0.248 e. The molecule has 7 nitrogen and oxygen atoms in total. The van der Waals surface area contributed by atoms with Crippen LogP contribution >= 0.6 is 0 Å². The van der Waals surface area contributed by atoms with Crippen LogP contribution in [0.25, 0.3) is 21.7 Å². The third-order valence-electron chi connectivity index (χ3n) is 5.61. The van der Waals surface area contributed by atoms with Crippen molar-refractivity contribution >= 4 is 44.9 Å². The lowest BCUT2D eigenvalue weighted by Gasteiger charge is -2.13. The van der Waals surface area contributed by atoms with Gasteiger partial charge in [-0.15, -0.1) is 0 Å². The third kappa shape index (κ3) is 4.21. The molecule has 0 saturated carbocycles. The van der Waals surface area contributed by atoms with Crippen LogP contribution < -0.4 is 10.6 Å². The van der Waals surface area contributed by atoms with Crippen LogP contribution in [0.2, 0.25) is 0 Å². The molecule has 0 aliphatic carbocycles. The van der Waals surface area contributed by atoms with Gasteiger partial charge in [0, 0.05) is 34.7 Å². The van der Waals surface area contributed by atoms with E-state index in [1.165, 1.54) is 0 Å². The van der Waals surface area contributed by atoms with E-state index in [2.05, 4.69) is 15.7 Å². The first-order valence-electron chi connectivity index (χ1n) is 10.7. The van der Waals surface area contributed by atoms with Crippen molar-refractivity contribution in [1.29, 1.82) is 0 Å². The van der Waals surface area contributed by atoms with Crippen LogP contribution in [0.5, 0.6) is 0 Å². The van der Waals surface area contributed by atoms with E-state index in [9.17, 15) is 9.59 Å². The highest BCUT2D eigenvalue weighted by molar-refractivity contribution is 6.09.